The molecule has 0 aromatic rings. The topological polar surface area (TPSA) is 140 Å². The molecule has 0 spiro atoms. The minimum absolute atomic E-state index is 0.0350. The van der Waals surface area contributed by atoms with Crippen LogP contribution in [-0.2, 0) is 28.2 Å². The van der Waals surface area contributed by atoms with E-state index in [9.17, 15) is 19.3 Å². The summed E-state index contributed by atoms with van der Waals surface area (Å²) in [7, 11) is -4.82. The van der Waals surface area contributed by atoms with E-state index in [0.29, 0.717) is 25.7 Å². The van der Waals surface area contributed by atoms with Crippen LogP contribution in [0.5, 0.6) is 0 Å². The highest BCUT2D eigenvalue weighted by Crippen LogP contribution is 2.36. The largest absolute Gasteiger partial charge is 0.469 e. The smallest absolute Gasteiger partial charge is 0.462 e. The standard InChI is InChI=1S/C43H69O9P/c1-3-5-7-9-11-13-15-17-18-19-20-22-24-26-28-30-32-36-42(45)50-38-41(39-51-53(47,48)49)52-43(46)37-33-35-40(44)34-31-29-27-25-23-21-16-14-12-10-8-6-4-2/h6,8,12,14,17-18,20-23,26-29,31,34,40-41,44H,3-5,7,9-11,13,15-16,19,24-25,30,32-33,35-39H2,1-2H3,(H2,47,48,49)/b8-6-,14-12-,18-17-,22-20-,23-21-,28-26-,29-27-,34-31+/t40?,41-/m1/s1. The van der Waals surface area contributed by atoms with E-state index >= 15 is 0 Å². The third-order valence-corrected chi connectivity index (χ3v) is 8.18. The van der Waals surface area contributed by atoms with Crippen LogP contribution in [0.1, 0.15) is 136 Å². The molecule has 0 saturated heterocycles. The quantitative estimate of drug-likeness (QED) is 0.0192. The Bertz CT molecular complexity index is 1190. The molecular weight excluding hydrogens is 691 g/mol. The first-order chi connectivity index (χ1) is 25.7. The molecule has 10 heteroatoms. The maximum Gasteiger partial charge on any atom is 0.469 e. The van der Waals surface area contributed by atoms with Crippen molar-refractivity contribution in [1.82, 2.24) is 0 Å². The summed E-state index contributed by atoms with van der Waals surface area (Å²) in [5, 5.41) is 10.2. The zero-order chi connectivity index (χ0) is 39.1. The molecular formula is C43H69O9P. The third-order valence-electron chi connectivity index (χ3n) is 7.69. The molecule has 0 aromatic heterocycles. The molecule has 0 aromatic carbocycles. The van der Waals surface area contributed by atoms with Crippen molar-refractivity contribution >= 4 is 19.8 Å². The van der Waals surface area contributed by atoms with Crippen LogP contribution in [0, 0.1) is 0 Å². The summed E-state index contributed by atoms with van der Waals surface area (Å²) >= 11 is 0. The first-order valence-corrected chi connectivity index (χ1v) is 21.2. The van der Waals surface area contributed by atoms with Crippen molar-refractivity contribution in [2.24, 2.45) is 0 Å². The molecule has 0 fully saturated rings. The number of phosphoric ester groups is 1. The molecule has 0 aliphatic carbocycles. The second-order valence-corrected chi connectivity index (χ2v) is 14.0. The number of allylic oxidation sites excluding steroid dienone is 15. The first-order valence-electron chi connectivity index (χ1n) is 19.6. The summed E-state index contributed by atoms with van der Waals surface area (Å²) in [5.41, 5.74) is 0. The van der Waals surface area contributed by atoms with E-state index in [2.05, 4.69) is 85.2 Å². The van der Waals surface area contributed by atoms with Crippen LogP contribution in [-0.4, -0.2) is 52.3 Å². The highest BCUT2D eigenvalue weighted by molar-refractivity contribution is 7.46. The predicted molar refractivity (Wildman–Crippen MR) is 217 cm³/mol. The summed E-state index contributed by atoms with van der Waals surface area (Å²) in [6, 6.07) is 0. The number of esters is 2. The van der Waals surface area contributed by atoms with Crippen LogP contribution in [0.2, 0.25) is 0 Å². The highest BCUT2D eigenvalue weighted by Gasteiger charge is 2.23. The Kier molecular flexibility index (Phi) is 35.1. The number of aliphatic hydroxyl groups excluding tert-OH is 1. The third kappa shape index (κ3) is 40.0. The van der Waals surface area contributed by atoms with Crippen LogP contribution in [0.3, 0.4) is 0 Å². The molecule has 0 amide bonds. The van der Waals surface area contributed by atoms with Crippen LogP contribution >= 0.6 is 7.82 Å². The van der Waals surface area contributed by atoms with E-state index in [1.54, 1.807) is 12.2 Å². The number of carbonyl (C=O) groups is 2. The number of hydrogen-bond acceptors (Lipinski definition) is 7. The van der Waals surface area contributed by atoms with Gasteiger partial charge in [-0.3, -0.25) is 14.1 Å². The van der Waals surface area contributed by atoms with E-state index in [1.165, 1.54) is 38.5 Å². The van der Waals surface area contributed by atoms with Gasteiger partial charge in [-0.15, -0.1) is 0 Å². The van der Waals surface area contributed by atoms with Crippen molar-refractivity contribution in [3.8, 4) is 0 Å². The summed E-state index contributed by atoms with van der Waals surface area (Å²) in [6.45, 7) is 3.33. The minimum atomic E-state index is -4.82. The predicted octanol–water partition coefficient (Wildman–Crippen LogP) is 10.8. The lowest BCUT2D eigenvalue weighted by molar-refractivity contribution is -0.161. The van der Waals surface area contributed by atoms with Gasteiger partial charge in [0.2, 0.25) is 0 Å². The minimum Gasteiger partial charge on any atom is -0.462 e. The molecule has 0 aliphatic heterocycles. The van der Waals surface area contributed by atoms with E-state index < -0.39 is 45.2 Å². The summed E-state index contributed by atoms with van der Waals surface area (Å²) in [4.78, 5) is 42.8. The van der Waals surface area contributed by atoms with Crippen molar-refractivity contribution in [3.63, 3.8) is 0 Å². The molecule has 0 bridgehead atoms. The average molecular weight is 761 g/mol. The fourth-order valence-electron chi connectivity index (χ4n) is 4.77. The Labute approximate surface area is 320 Å². The molecule has 300 valence electrons. The molecule has 0 aliphatic rings. The number of hydrogen-bond donors (Lipinski definition) is 3. The van der Waals surface area contributed by atoms with Gasteiger partial charge in [-0.05, 0) is 77.0 Å². The Morgan fingerprint density at radius 2 is 1.13 bits per heavy atom. The van der Waals surface area contributed by atoms with Gasteiger partial charge in [-0.1, -0.05) is 143 Å². The van der Waals surface area contributed by atoms with E-state index in [1.807, 2.05) is 18.2 Å². The number of ether oxygens (including phenoxy) is 2. The normalized spacial score (nSPS) is 14.1. The molecule has 0 saturated carbocycles. The van der Waals surface area contributed by atoms with Gasteiger partial charge in [-0.2, -0.15) is 0 Å². The zero-order valence-corrected chi connectivity index (χ0v) is 33.4. The average Bonchev–Trinajstić information content (AvgIpc) is 3.12. The lowest BCUT2D eigenvalue weighted by atomic mass is 10.1. The van der Waals surface area contributed by atoms with Crippen molar-refractivity contribution in [2.45, 2.75) is 148 Å². The van der Waals surface area contributed by atoms with Crippen molar-refractivity contribution in [2.75, 3.05) is 13.2 Å². The fourth-order valence-corrected chi connectivity index (χ4v) is 5.13. The molecule has 0 heterocycles. The van der Waals surface area contributed by atoms with Gasteiger partial charge in [0.15, 0.2) is 6.10 Å². The first kappa shape index (κ1) is 49.9. The molecule has 2 atom stereocenters. The van der Waals surface area contributed by atoms with Crippen molar-refractivity contribution < 1.29 is 43.0 Å². The maximum atomic E-state index is 12.4. The second-order valence-electron chi connectivity index (χ2n) is 12.7. The van der Waals surface area contributed by atoms with Crippen molar-refractivity contribution in [3.05, 3.63) is 97.2 Å². The van der Waals surface area contributed by atoms with Gasteiger partial charge in [0.25, 0.3) is 0 Å². The van der Waals surface area contributed by atoms with E-state index in [4.69, 9.17) is 19.3 Å². The summed E-state index contributed by atoms with van der Waals surface area (Å²) < 4.78 is 26.1. The van der Waals surface area contributed by atoms with E-state index in [-0.39, 0.29) is 12.8 Å². The van der Waals surface area contributed by atoms with Gasteiger partial charge < -0.3 is 24.4 Å². The van der Waals surface area contributed by atoms with Gasteiger partial charge >= 0.3 is 19.8 Å². The highest BCUT2D eigenvalue weighted by atomic mass is 31.2. The monoisotopic (exact) mass is 760 g/mol. The number of rotatable bonds is 34. The van der Waals surface area contributed by atoms with Crippen LogP contribution < -0.4 is 0 Å². The Hall–Kier alpha value is -3.07. The number of carbonyl (C=O) groups excluding carboxylic acids is 2. The zero-order valence-electron chi connectivity index (χ0n) is 32.5. The molecule has 0 rings (SSSR count). The Morgan fingerprint density at radius 1 is 0.604 bits per heavy atom. The lowest BCUT2D eigenvalue weighted by Crippen LogP contribution is -2.29. The van der Waals surface area contributed by atoms with Crippen LogP contribution in [0.25, 0.3) is 0 Å². The maximum absolute atomic E-state index is 12.4. The second kappa shape index (κ2) is 37.3. The fraction of sp³-hybridized carbons (Fsp3) is 0.581. The number of aliphatic hydroxyl groups is 1. The van der Waals surface area contributed by atoms with Gasteiger partial charge in [0.05, 0.1) is 12.7 Å². The Morgan fingerprint density at radius 3 is 1.74 bits per heavy atom. The van der Waals surface area contributed by atoms with Gasteiger partial charge in [0, 0.05) is 12.8 Å². The number of phosphoric acid groups is 1. The van der Waals surface area contributed by atoms with Gasteiger partial charge in [-0.25, -0.2) is 4.57 Å². The van der Waals surface area contributed by atoms with E-state index in [0.717, 1.165) is 44.9 Å². The Balaban J connectivity index is 4.27. The number of unbranched alkanes of at least 4 members (excludes halogenated alkanes) is 7. The SMILES string of the molecule is CC/C=C\C/C=C\C/C=C\C/C=C\C=C\C(O)CCCC(=O)O[C@H](COC(=O)CCC/C=C\C/C=C\C/C=C\CCCCCCCC)COP(=O)(O)O. The lowest BCUT2D eigenvalue weighted by Gasteiger charge is -2.18. The summed E-state index contributed by atoms with van der Waals surface area (Å²) in [6.07, 6.45) is 47.4. The summed E-state index contributed by atoms with van der Waals surface area (Å²) in [5.74, 6) is -1.16. The van der Waals surface area contributed by atoms with Crippen LogP contribution in [0.15, 0.2) is 97.2 Å². The molecule has 53 heavy (non-hydrogen) atoms. The molecule has 9 nitrogen and oxygen atoms in total. The molecule has 3 N–H and O–H groups in total. The van der Waals surface area contributed by atoms with Crippen LogP contribution in [0.4, 0.5) is 0 Å². The molecule has 1 unspecified atom stereocenters. The van der Waals surface area contributed by atoms with Crippen molar-refractivity contribution in [1.29, 1.82) is 0 Å². The van der Waals surface area contributed by atoms with Gasteiger partial charge in [0.1, 0.15) is 6.61 Å². The molecule has 0 radical (unpaired) electrons.